The Labute approximate surface area is 152 Å². The molecule has 26 heavy (non-hydrogen) atoms. The van der Waals surface area contributed by atoms with Gasteiger partial charge in [0, 0.05) is 5.39 Å². The number of aryl methyl sites for hydroxylation is 1. The molecule has 1 heterocycles. The molecule has 0 radical (unpaired) electrons. The fraction of sp³-hybridized carbons (Fsp3) is 0.238. The molecular weight excluding hydrogens is 330 g/mol. The van der Waals surface area contributed by atoms with Crippen molar-refractivity contribution in [2.75, 3.05) is 13.2 Å². The molecule has 0 saturated carbocycles. The van der Waals surface area contributed by atoms with Crippen LogP contribution in [0.25, 0.3) is 16.6 Å². The summed E-state index contributed by atoms with van der Waals surface area (Å²) < 4.78 is 12.2. The number of aromatic nitrogens is 1. The number of fused-ring (bicyclic) bond motifs is 1. The van der Waals surface area contributed by atoms with Gasteiger partial charge in [-0.3, -0.25) is 0 Å². The molecule has 5 heteroatoms. The maximum atomic E-state index is 12.5. The highest BCUT2D eigenvalue weighted by Crippen LogP contribution is 2.28. The molecule has 0 atom stereocenters. The zero-order chi connectivity index (χ0) is 18.7. The summed E-state index contributed by atoms with van der Waals surface area (Å²) in [6.45, 7) is 6.08. The zero-order valence-electron chi connectivity index (χ0n) is 15.1. The minimum Gasteiger partial charge on any atom is -0.462 e. The second-order valence-electron chi connectivity index (χ2n) is 5.89. The average Bonchev–Trinajstić information content (AvgIpc) is 3.00. The number of carbonyl (C=O) groups is 2. The Balaban J connectivity index is 2.29. The van der Waals surface area contributed by atoms with E-state index in [0.717, 1.165) is 16.5 Å². The van der Waals surface area contributed by atoms with Crippen molar-refractivity contribution in [3.8, 4) is 5.69 Å². The summed E-state index contributed by atoms with van der Waals surface area (Å²) in [5.74, 6) is -0.855. The quantitative estimate of drug-likeness (QED) is 0.643. The van der Waals surface area contributed by atoms with Crippen molar-refractivity contribution in [3.05, 3.63) is 65.4 Å². The van der Waals surface area contributed by atoms with Crippen LogP contribution in [0.1, 0.15) is 40.3 Å². The number of carbonyl (C=O) groups excluding carboxylic acids is 2. The number of hydrogen-bond acceptors (Lipinski definition) is 4. The van der Waals surface area contributed by atoms with Gasteiger partial charge in [0.2, 0.25) is 0 Å². The predicted molar refractivity (Wildman–Crippen MR) is 99.9 cm³/mol. The molecule has 0 spiro atoms. The molecule has 0 aliphatic heterocycles. The molecule has 0 aliphatic carbocycles. The fourth-order valence-electron chi connectivity index (χ4n) is 3.00. The molecule has 5 nitrogen and oxygen atoms in total. The zero-order valence-corrected chi connectivity index (χ0v) is 15.1. The van der Waals surface area contributed by atoms with Crippen LogP contribution >= 0.6 is 0 Å². The van der Waals surface area contributed by atoms with Gasteiger partial charge in [-0.25, -0.2) is 9.59 Å². The maximum Gasteiger partial charge on any atom is 0.355 e. The van der Waals surface area contributed by atoms with Gasteiger partial charge >= 0.3 is 11.9 Å². The van der Waals surface area contributed by atoms with Gasteiger partial charge in [-0.1, -0.05) is 23.8 Å². The lowest BCUT2D eigenvalue weighted by atomic mass is 10.1. The van der Waals surface area contributed by atoms with Crippen molar-refractivity contribution in [3.63, 3.8) is 0 Å². The van der Waals surface area contributed by atoms with Gasteiger partial charge in [0.05, 0.1) is 30.0 Å². The first-order valence-electron chi connectivity index (χ1n) is 8.62. The van der Waals surface area contributed by atoms with Crippen LogP contribution in [-0.2, 0) is 9.47 Å². The topological polar surface area (TPSA) is 57.5 Å². The van der Waals surface area contributed by atoms with Crippen LogP contribution in [0.3, 0.4) is 0 Å². The lowest BCUT2D eigenvalue weighted by Gasteiger charge is -2.14. The molecule has 0 aliphatic rings. The van der Waals surface area contributed by atoms with Crippen molar-refractivity contribution >= 4 is 22.8 Å². The van der Waals surface area contributed by atoms with Gasteiger partial charge in [0.25, 0.3) is 0 Å². The molecule has 0 unspecified atom stereocenters. The Morgan fingerprint density at radius 3 is 2.35 bits per heavy atom. The highest BCUT2D eigenvalue weighted by Gasteiger charge is 2.22. The molecule has 3 rings (SSSR count). The van der Waals surface area contributed by atoms with Crippen LogP contribution in [0.5, 0.6) is 0 Å². The van der Waals surface area contributed by atoms with Crippen LogP contribution in [0.4, 0.5) is 0 Å². The highest BCUT2D eigenvalue weighted by molar-refractivity contribution is 6.00. The summed E-state index contributed by atoms with van der Waals surface area (Å²) in [5.41, 5.74) is 3.29. The summed E-state index contributed by atoms with van der Waals surface area (Å²) in [4.78, 5) is 24.9. The van der Waals surface area contributed by atoms with E-state index < -0.39 is 11.9 Å². The normalized spacial score (nSPS) is 10.7. The summed E-state index contributed by atoms with van der Waals surface area (Å²) in [5, 5.41) is 0.909. The lowest BCUT2D eigenvalue weighted by molar-refractivity contribution is 0.0506. The van der Waals surface area contributed by atoms with Crippen molar-refractivity contribution in [2.24, 2.45) is 0 Å². The fourth-order valence-corrected chi connectivity index (χ4v) is 3.00. The molecule has 134 valence electrons. The molecule has 2 aromatic carbocycles. The Kier molecular flexibility index (Phi) is 5.07. The van der Waals surface area contributed by atoms with Crippen LogP contribution in [0, 0.1) is 6.92 Å². The monoisotopic (exact) mass is 351 g/mol. The average molecular weight is 351 g/mol. The van der Waals surface area contributed by atoms with E-state index in [2.05, 4.69) is 0 Å². The van der Waals surface area contributed by atoms with Gasteiger partial charge in [0.15, 0.2) is 0 Å². The van der Waals surface area contributed by atoms with E-state index in [9.17, 15) is 9.59 Å². The Morgan fingerprint density at radius 2 is 1.62 bits per heavy atom. The Morgan fingerprint density at radius 1 is 0.923 bits per heavy atom. The summed E-state index contributed by atoms with van der Waals surface area (Å²) in [6.07, 6.45) is 0. The van der Waals surface area contributed by atoms with Gasteiger partial charge in [-0.05, 0) is 51.1 Å². The number of rotatable bonds is 5. The molecule has 3 aromatic rings. The molecular formula is C21H21NO4. The smallest absolute Gasteiger partial charge is 0.355 e. The van der Waals surface area contributed by atoms with Gasteiger partial charge < -0.3 is 14.0 Å². The molecule has 1 aromatic heterocycles. The largest absolute Gasteiger partial charge is 0.462 e. The number of ether oxygens (including phenoxy) is 2. The number of hydrogen-bond donors (Lipinski definition) is 0. The van der Waals surface area contributed by atoms with E-state index >= 15 is 0 Å². The Hall–Kier alpha value is -3.08. The first-order chi connectivity index (χ1) is 12.6. The van der Waals surface area contributed by atoms with E-state index in [-0.39, 0.29) is 13.2 Å². The summed E-state index contributed by atoms with van der Waals surface area (Å²) in [7, 11) is 0. The molecule has 0 N–H and O–H groups in total. The van der Waals surface area contributed by atoms with E-state index in [1.54, 1.807) is 42.7 Å². The van der Waals surface area contributed by atoms with E-state index in [0.29, 0.717) is 16.9 Å². The van der Waals surface area contributed by atoms with Crippen molar-refractivity contribution in [1.29, 1.82) is 0 Å². The van der Waals surface area contributed by atoms with Gasteiger partial charge in [-0.2, -0.15) is 0 Å². The number of para-hydroxylation sites is 1. The standard InChI is InChI=1S/C21H21NO4/c1-4-25-20(23)16-8-6-7-9-18(16)22-17-11-10-14(3)12-15(17)13-19(22)21(24)26-5-2/h6-13H,4-5H2,1-3H3. The predicted octanol–water partition coefficient (Wildman–Crippen LogP) is 4.29. The first-order valence-corrected chi connectivity index (χ1v) is 8.62. The molecule has 0 amide bonds. The molecule has 0 bridgehead atoms. The van der Waals surface area contributed by atoms with E-state index in [4.69, 9.17) is 9.47 Å². The van der Waals surface area contributed by atoms with Crippen molar-refractivity contribution in [1.82, 2.24) is 4.57 Å². The van der Waals surface area contributed by atoms with Gasteiger partial charge in [0.1, 0.15) is 5.69 Å². The maximum absolute atomic E-state index is 12.5. The highest BCUT2D eigenvalue weighted by atomic mass is 16.5. The minimum absolute atomic E-state index is 0.277. The number of nitrogens with zero attached hydrogens (tertiary/aromatic N) is 1. The van der Waals surface area contributed by atoms with Crippen LogP contribution < -0.4 is 0 Å². The van der Waals surface area contributed by atoms with Crippen LogP contribution in [0.15, 0.2) is 48.5 Å². The third-order valence-corrected chi connectivity index (χ3v) is 4.08. The molecule has 0 saturated heterocycles. The second-order valence-corrected chi connectivity index (χ2v) is 5.89. The van der Waals surface area contributed by atoms with Crippen LogP contribution in [0.2, 0.25) is 0 Å². The van der Waals surface area contributed by atoms with E-state index in [1.165, 1.54) is 0 Å². The summed E-state index contributed by atoms with van der Waals surface area (Å²) in [6, 6.07) is 14.8. The van der Waals surface area contributed by atoms with Crippen molar-refractivity contribution in [2.45, 2.75) is 20.8 Å². The molecule has 0 fully saturated rings. The van der Waals surface area contributed by atoms with Gasteiger partial charge in [-0.15, -0.1) is 0 Å². The van der Waals surface area contributed by atoms with E-state index in [1.807, 2.05) is 31.2 Å². The second kappa shape index (κ2) is 7.44. The lowest BCUT2D eigenvalue weighted by Crippen LogP contribution is -2.14. The van der Waals surface area contributed by atoms with Crippen molar-refractivity contribution < 1.29 is 19.1 Å². The first kappa shape index (κ1) is 17.7. The number of benzene rings is 2. The SMILES string of the molecule is CCOC(=O)c1ccccc1-n1c(C(=O)OCC)cc2cc(C)ccc21. The number of esters is 2. The third kappa shape index (κ3) is 3.20. The minimum atomic E-state index is -0.431. The van der Waals surface area contributed by atoms with Crippen LogP contribution in [-0.4, -0.2) is 29.7 Å². The summed E-state index contributed by atoms with van der Waals surface area (Å²) >= 11 is 0. The third-order valence-electron chi connectivity index (χ3n) is 4.08. The Bertz CT molecular complexity index is 971.